The van der Waals surface area contributed by atoms with Gasteiger partial charge in [0.25, 0.3) is 0 Å². The minimum Gasteiger partial charge on any atom is -0.512 e. The second-order valence-electron chi connectivity index (χ2n) is 13.6. The summed E-state index contributed by atoms with van der Waals surface area (Å²) in [6.07, 6.45) is 9.96. The van der Waals surface area contributed by atoms with Crippen LogP contribution in [0.4, 0.5) is 4.79 Å². The molecular weight excluding hydrogens is 602 g/mol. The summed E-state index contributed by atoms with van der Waals surface area (Å²) in [5.41, 5.74) is -0.420. The normalized spacial score (nSPS) is 32.4. The average Bonchev–Trinajstić information content (AvgIpc) is 3.79. The quantitative estimate of drug-likeness (QED) is 0.122. The number of piperazine rings is 1. The van der Waals surface area contributed by atoms with Gasteiger partial charge in [0.15, 0.2) is 0 Å². The highest BCUT2D eigenvalue weighted by molar-refractivity contribution is 5.82. The van der Waals surface area contributed by atoms with Crippen LogP contribution >= 0.6 is 0 Å². The first-order chi connectivity index (χ1) is 22.2. The van der Waals surface area contributed by atoms with Gasteiger partial charge in [-0.15, -0.1) is 0 Å². The first-order valence-electron chi connectivity index (χ1n) is 17.0. The van der Waals surface area contributed by atoms with Crippen LogP contribution in [0.5, 0.6) is 0 Å². The summed E-state index contributed by atoms with van der Waals surface area (Å²) in [5.74, 6) is -1.19. The van der Waals surface area contributed by atoms with Gasteiger partial charge in [-0.2, -0.15) is 5.26 Å². The van der Waals surface area contributed by atoms with Gasteiger partial charge in [-0.1, -0.05) is 52.0 Å². The number of amides is 1. The van der Waals surface area contributed by atoms with E-state index in [-0.39, 0.29) is 42.1 Å². The Kier molecular flexibility index (Phi) is 14.5. The van der Waals surface area contributed by atoms with Gasteiger partial charge in [0.1, 0.15) is 12.2 Å². The Labute approximate surface area is 280 Å². The number of rotatable bonds is 11. The van der Waals surface area contributed by atoms with Crippen molar-refractivity contribution in [2.45, 2.75) is 110 Å². The van der Waals surface area contributed by atoms with Crippen molar-refractivity contribution in [2.75, 3.05) is 32.7 Å². The highest BCUT2D eigenvalue weighted by Gasteiger charge is 2.47. The molecule has 0 radical (unpaired) electrons. The largest absolute Gasteiger partial charge is 0.512 e. The maximum absolute atomic E-state index is 13.1. The fraction of sp³-hybridized carbons (Fsp3) is 0.694. The van der Waals surface area contributed by atoms with Gasteiger partial charge in [-0.25, -0.2) is 9.59 Å². The first kappa shape index (κ1) is 38.3. The average molecular weight is 658 g/mol. The lowest BCUT2D eigenvalue weighted by Crippen LogP contribution is -2.49. The Morgan fingerprint density at radius 1 is 1.26 bits per heavy atom. The number of ether oxygens (including phenoxy) is 3. The molecule has 3 aliphatic heterocycles. The number of hydrogen-bond acceptors (Lipinski definition) is 10. The molecule has 11 nitrogen and oxygen atoms in total. The summed E-state index contributed by atoms with van der Waals surface area (Å²) in [6.45, 7) is 14.4. The lowest BCUT2D eigenvalue weighted by Gasteiger charge is -2.35. The van der Waals surface area contributed by atoms with Crippen LogP contribution < -0.4 is 0 Å². The summed E-state index contributed by atoms with van der Waals surface area (Å²) in [5, 5.41) is 40.4. The Morgan fingerprint density at radius 2 is 1.96 bits per heavy atom. The smallest absolute Gasteiger partial charge is 0.410 e. The standard InChI is InChI=1S/C36H55N3O8/c1-7-29(41)27(5)34-31(45-34)23-36(6,44)15-8-10-25(3)33-26(4)12-14-30(24(2)11-13-28(40)22-32(42)47-33)46-35(43)39-20-18-38(19-21-39)17-9-16-37/h8,10,12,14-15,22,24,26-27,29-31,33-34,40-41,44H,7,9,11,13,17-21,23H2,1-6H3/b14-12+,15-8+,25-10+,28-22+. The van der Waals surface area contributed by atoms with Crippen LogP contribution in [0.25, 0.3) is 0 Å². The van der Waals surface area contributed by atoms with Gasteiger partial charge in [0.2, 0.25) is 0 Å². The Hall–Kier alpha value is -3.17. The molecule has 0 aromatic rings. The number of hydrogen-bond donors (Lipinski definition) is 3. The van der Waals surface area contributed by atoms with Gasteiger partial charge in [0.05, 0.1) is 41.8 Å². The van der Waals surface area contributed by atoms with Gasteiger partial charge in [0, 0.05) is 63.8 Å². The van der Waals surface area contributed by atoms with Crippen molar-refractivity contribution in [3.63, 3.8) is 0 Å². The molecule has 0 spiro atoms. The van der Waals surface area contributed by atoms with Crippen molar-refractivity contribution in [3.8, 4) is 6.07 Å². The minimum atomic E-state index is -1.15. The Balaban J connectivity index is 1.69. The van der Waals surface area contributed by atoms with E-state index in [1.54, 1.807) is 30.1 Å². The van der Waals surface area contributed by atoms with E-state index in [0.29, 0.717) is 58.4 Å². The SMILES string of the molecule is CCC(O)C(C)C1OC1CC(C)(O)/C=C/C=C(\C)C1OC(=O)/C=C(/O)CCC(C)C(OC(=O)N2CCN(CCC#N)CC2)/C=C/C1C. The molecule has 3 heterocycles. The maximum atomic E-state index is 13.1. The molecule has 0 aliphatic carbocycles. The molecular formula is C36H55N3O8. The first-order valence-corrected chi connectivity index (χ1v) is 17.0. The molecule has 2 saturated heterocycles. The van der Waals surface area contributed by atoms with Crippen LogP contribution in [0.2, 0.25) is 0 Å². The molecule has 47 heavy (non-hydrogen) atoms. The number of nitrogens with zero attached hydrogens (tertiary/aromatic N) is 3. The molecule has 3 aliphatic rings. The van der Waals surface area contributed by atoms with Crippen molar-refractivity contribution in [2.24, 2.45) is 17.8 Å². The van der Waals surface area contributed by atoms with Crippen LogP contribution in [-0.4, -0.2) is 106 Å². The van der Waals surface area contributed by atoms with Gasteiger partial charge >= 0.3 is 12.1 Å². The third-order valence-electron chi connectivity index (χ3n) is 9.48. The number of allylic oxidation sites excluding steroid dienone is 3. The second kappa shape index (κ2) is 17.8. The molecule has 0 aromatic carbocycles. The van der Waals surface area contributed by atoms with Gasteiger partial charge in [-0.3, -0.25) is 4.90 Å². The molecule has 0 saturated carbocycles. The molecule has 9 atom stereocenters. The molecule has 11 heteroatoms. The van der Waals surface area contributed by atoms with E-state index in [1.165, 1.54) is 0 Å². The zero-order valence-electron chi connectivity index (χ0n) is 28.9. The Bertz CT molecular complexity index is 1210. The van der Waals surface area contributed by atoms with E-state index in [9.17, 15) is 24.9 Å². The molecule has 9 unspecified atom stereocenters. The van der Waals surface area contributed by atoms with Crippen molar-refractivity contribution < 1.29 is 39.1 Å². The van der Waals surface area contributed by atoms with Gasteiger partial charge < -0.3 is 34.4 Å². The zero-order valence-corrected chi connectivity index (χ0v) is 28.9. The van der Waals surface area contributed by atoms with E-state index in [2.05, 4.69) is 11.0 Å². The molecule has 0 bridgehead atoms. The van der Waals surface area contributed by atoms with Crippen molar-refractivity contribution >= 4 is 12.1 Å². The minimum absolute atomic E-state index is 0.00616. The third-order valence-corrected chi connectivity index (χ3v) is 9.48. The number of aliphatic hydroxyl groups excluding tert-OH is 2. The highest BCUT2D eigenvalue weighted by Crippen LogP contribution is 2.37. The predicted molar refractivity (Wildman–Crippen MR) is 178 cm³/mol. The van der Waals surface area contributed by atoms with Crippen LogP contribution in [0.15, 0.2) is 47.8 Å². The number of nitriles is 1. The summed E-state index contributed by atoms with van der Waals surface area (Å²) >= 11 is 0. The molecule has 3 rings (SSSR count). The third kappa shape index (κ3) is 12.1. The topological polar surface area (TPSA) is 156 Å². The zero-order chi connectivity index (χ0) is 34.7. The summed E-state index contributed by atoms with van der Waals surface area (Å²) in [4.78, 5) is 29.7. The summed E-state index contributed by atoms with van der Waals surface area (Å²) in [7, 11) is 0. The van der Waals surface area contributed by atoms with E-state index < -0.39 is 36.0 Å². The summed E-state index contributed by atoms with van der Waals surface area (Å²) < 4.78 is 17.5. The van der Waals surface area contributed by atoms with Crippen LogP contribution in [0.1, 0.15) is 73.6 Å². The van der Waals surface area contributed by atoms with E-state index in [0.717, 1.165) is 11.6 Å². The molecule has 1 amide bonds. The number of carbonyl (C=O) groups excluding carboxylic acids is 2. The van der Waals surface area contributed by atoms with Crippen molar-refractivity contribution in [1.29, 1.82) is 5.26 Å². The lowest BCUT2D eigenvalue weighted by molar-refractivity contribution is -0.142. The van der Waals surface area contributed by atoms with Crippen LogP contribution in [0, 0.1) is 29.1 Å². The maximum Gasteiger partial charge on any atom is 0.410 e. The summed E-state index contributed by atoms with van der Waals surface area (Å²) in [6, 6.07) is 2.16. The van der Waals surface area contributed by atoms with E-state index in [1.807, 2.05) is 46.8 Å². The number of epoxide rings is 1. The van der Waals surface area contributed by atoms with E-state index >= 15 is 0 Å². The highest BCUT2D eigenvalue weighted by atomic mass is 16.6. The lowest BCUT2D eigenvalue weighted by atomic mass is 9.91. The van der Waals surface area contributed by atoms with Crippen molar-refractivity contribution in [1.82, 2.24) is 9.80 Å². The van der Waals surface area contributed by atoms with Crippen molar-refractivity contribution in [3.05, 3.63) is 47.8 Å². The molecule has 262 valence electrons. The molecule has 3 N–H and O–H groups in total. The number of carbonyl (C=O) groups is 2. The second-order valence-corrected chi connectivity index (χ2v) is 13.6. The fourth-order valence-electron chi connectivity index (χ4n) is 6.16. The number of cyclic esters (lactones) is 1. The number of esters is 1. The fourth-order valence-corrected chi connectivity index (χ4v) is 6.16. The molecule has 0 aromatic heterocycles. The molecule has 2 fully saturated rings. The van der Waals surface area contributed by atoms with Gasteiger partial charge in [-0.05, 0) is 44.3 Å². The van der Waals surface area contributed by atoms with Crippen LogP contribution in [-0.2, 0) is 19.0 Å². The predicted octanol–water partition coefficient (Wildman–Crippen LogP) is 4.82. The van der Waals surface area contributed by atoms with Crippen LogP contribution in [0.3, 0.4) is 0 Å². The Morgan fingerprint density at radius 3 is 2.62 bits per heavy atom. The monoisotopic (exact) mass is 657 g/mol. The van der Waals surface area contributed by atoms with E-state index in [4.69, 9.17) is 19.5 Å². The number of aliphatic hydroxyl groups is 3.